The molecule has 0 saturated carbocycles. The van der Waals surface area contributed by atoms with Gasteiger partial charge in [-0.3, -0.25) is 14.6 Å². The van der Waals surface area contributed by atoms with Crippen LogP contribution in [0.2, 0.25) is 5.02 Å². The Hall–Kier alpha value is -1.64. The van der Waals surface area contributed by atoms with Crippen molar-refractivity contribution in [3.8, 4) is 11.3 Å². The number of amides is 1. The van der Waals surface area contributed by atoms with Gasteiger partial charge in [0.2, 0.25) is 0 Å². The molecule has 2 saturated heterocycles. The van der Waals surface area contributed by atoms with E-state index in [1.807, 2.05) is 36.4 Å². The second-order valence-electron chi connectivity index (χ2n) is 6.47. The monoisotopic (exact) mass is 434 g/mol. The van der Waals surface area contributed by atoms with Crippen LogP contribution in [-0.4, -0.2) is 59.4 Å². The van der Waals surface area contributed by atoms with Crippen molar-refractivity contribution in [3.05, 3.63) is 52.1 Å². The molecule has 0 unspecified atom stereocenters. The fourth-order valence-electron chi connectivity index (χ4n) is 3.12. The highest BCUT2D eigenvalue weighted by molar-refractivity contribution is 8.26. The maximum atomic E-state index is 12.8. The largest absolute Gasteiger partial charge is 0.457 e. The van der Waals surface area contributed by atoms with Crippen molar-refractivity contribution in [1.82, 2.24) is 9.80 Å². The summed E-state index contributed by atoms with van der Waals surface area (Å²) < 4.78 is 11.8. The van der Waals surface area contributed by atoms with Crippen LogP contribution in [0.25, 0.3) is 17.4 Å². The molecule has 0 atom stereocenters. The number of carbonyl (C=O) groups is 1. The number of rotatable bonds is 5. The van der Waals surface area contributed by atoms with Crippen molar-refractivity contribution < 1.29 is 13.9 Å². The third-order valence-electron chi connectivity index (χ3n) is 4.66. The minimum atomic E-state index is -0.0704. The van der Waals surface area contributed by atoms with Gasteiger partial charge in [-0.15, -0.1) is 0 Å². The lowest BCUT2D eigenvalue weighted by atomic mass is 10.2. The second kappa shape index (κ2) is 8.80. The Morgan fingerprint density at radius 3 is 2.71 bits per heavy atom. The van der Waals surface area contributed by atoms with Crippen molar-refractivity contribution in [2.75, 3.05) is 39.4 Å². The SMILES string of the molecule is O=C1/C(=C/c2ccc(-c3ccccc3Cl)o2)SC(=S)N1CCN1CCOCC1. The lowest BCUT2D eigenvalue weighted by Gasteiger charge is -2.28. The molecule has 8 heteroatoms. The fraction of sp³-hybridized carbons (Fsp3) is 0.300. The molecule has 146 valence electrons. The van der Waals surface area contributed by atoms with Gasteiger partial charge in [-0.05, 0) is 24.3 Å². The Morgan fingerprint density at radius 1 is 1.14 bits per heavy atom. The summed E-state index contributed by atoms with van der Waals surface area (Å²) in [6, 6.07) is 11.2. The number of furan rings is 1. The maximum Gasteiger partial charge on any atom is 0.266 e. The van der Waals surface area contributed by atoms with Crippen LogP contribution in [0.15, 0.2) is 45.7 Å². The van der Waals surface area contributed by atoms with E-state index < -0.39 is 0 Å². The van der Waals surface area contributed by atoms with Gasteiger partial charge in [0.15, 0.2) is 0 Å². The fourth-order valence-corrected chi connectivity index (χ4v) is 4.64. The first-order chi connectivity index (χ1) is 13.6. The number of thioether (sulfide) groups is 1. The summed E-state index contributed by atoms with van der Waals surface area (Å²) in [6.07, 6.45) is 1.74. The number of thiocarbonyl (C=S) groups is 1. The first-order valence-electron chi connectivity index (χ1n) is 9.02. The molecule has 2 fully saturated rings. The number of morpholine rings is 1. The minimum Gasteiger partial charge on any atom is -0.457 e. The average molecular weight is 435 g/mol. The summed E-state index contributed by atoms with van der Waals surface area (Å²) in [6.45, 7) is 4.64. The Labute approximate surface area is 178 Å². The van der Waals surface area contributed by atoms with Crippen molar-refractivity contribution in [2.45, 2.75) is 0 Å². The highest BCUT2D eigenvalue weighted by atomic mass is 35.5. The summed E-state index contributed by atoms with van der Waals surface area (Å²) >= 11 is 13.0. The molecule has 2 aliphatic rings. The van der Waals surface area contributed by atoms with Gasteiger partial charge in [-0.2, -0.15) is 0 Å². The molecule has 0 bridgehead atoms. The zero-order valence-electron chi connectivity index (χ0n) is 15.1. The number of nitrogens with zero attached hydrogens (tertiary/aromatic N) is 2. The zero-order chi connectivity index (χ0) is 19.5. The summed E-state index contributed by atoms with van der Waals surface area (Å²) in [4.78, 5) is 17.3. The van der Waals surface area contributed by atoms with Gasteiger partial charge < -0.3 is 9.15 Å². The number of hydrogen-bond acceptors (Lipinski definition) is 6. The lowest BCUT2D eigenvalue weighted by molar-refractivity contribution is -0.122. The summed E-state index contributed by atoms with van der Waals surface area (Å²) in [5.74, 6) is 1.20. The van der Waals surface area contributed by atoms with Gasteiger partial charge in [0.25, 0.3) is 5.91 Å². The minimum absolute atomic E-state index is 0.0704. The van der Waals surface area contributed by atoms with Gasteiger partial charge in [0.1, 0.15) is 15.8 Å². The Balaban J connectivity index is 1.44. The maximum absolute atomic E-state index is 12.8. The predicted octanol–water partition coefficient (Wildman–Crippen LogP) is 4.13. The van der Waals surface area contributed by atoms with Crippen molar-refractivity contribution >= 4 is 51.9 Å². The van der Waals surface area contributed by atoms with Crippen LogP contribution >= 0.6 is 35.6 Å². The molecule has 1 amide bonds. The molecule has 0 N–H and O–H groups in total. The average Bonchev–Trinajstić information content (AvgIpc) is 3.26. The van der Waals surface area contributed by atoms with E-state index in [2.05, 4.69) is 4.90 Å². The molecule has 1 aromatic heterocycles. The topological polar surface area (TPSA) is 45.9 Å². The van der Waals surface area contributed by atoms with Crippen LogP contribution in [0.4, 0.5) is 0 Å². The van der Waals surface area contributed by atoms with E-state index in [4.69, 9.17) is 33.0 Å². The highest BCUT2D eigenvalue weighted by Gasteiger charge is 2.32. The van der Waals surface area contributed by atoms with E-state index in [1.165, 1.54) is 11.8 Å². The Bertz CT molecular complexity index is 922. The Kier molecular flexibility index (Phi) is 6.18. The van der Waals surface area contributed by atoms with Crippen LogP contribution in [0, 0.1) is 0 Å². The third kappa shape index (κ3) is 4.34. The Morgan fingerprint density at radius 2 is 1.93 bits per heavy atom. The molecule has 2 aliphatic heterocycles. The van der Waals surface area contributed by atoms with Crippen LogP contribution in [-0.2, 0) is 9.53 Å². The summed E-state index contributed by atoms with van der Waals surface area (Å²) in [5.41, 5.74) is 0.821. The van der Waals surface area contributed by atoms with Crippen LogP contribution in [0.5, 0.6) is 0 Å². The van der Waals surface area contributed by atoms with Gasteiger partial charge in [-0.1, -0.05) is 47.7 Å². The van der Waals surface area contributed by atoms with Crippen LogP contribution in [0.3, 0.4) is 0 Å². The predicted molar refractivity (Wildman–Crippen MR) is 116 cm³/mol. The third-order valence-corrected chi connectivity index (χ3v) is 6.36. The molecule has 0 radical (unpaired) electrons. The molecule has 4 rings (SSSR count). The molecule has 3 heterocycles. The highest BCUT2D eigenvalue weighted by Crippen LogP contribution is 2.34. The van der Waals surface area contributed by atoms with Gasteiger partial charge in [0, 0.05) is 37.8 Å². The normalized spacial score (nSPS) is 19.8. The van der Waals surface area contributed by atoms with E-state index >= 15 is 0 Å². The van der Waals surface area contributed by atoms with Crippen LogP contribution < -0.4 is 0 Å². The van der Waals surface area contributed by atoms with E-state index in [9.17, 15) is 4.79 Å². The molecule has 0 spiro atoms. The van der Waals surface area contributed by atoms with Crippen molar-refractivity contribution in [1.29, 1.82) is 0 Å². The van der Waals surface area contributed by atoms with Crippen LogP contribution in [0.1, 0.15) is 5.76 Å². The molecule has 2 aromatic rings. The molecule has 1 aromatic carbocycles. The number of ether oxygens (including phenoxy) is 1. The second-order valence-corrected chi connectivity index (χ2v) is 8.55. The van der Waals surface area contributed by atoms with E-state index in [0.717, 1.165) is 38.4 Å². The first kappa shape index (κ1) is 19.7. The molecule has 28 heavy (non-hydrogen) atoms. The lowest BCUT2D eigenvalue weighted by Crippen LogP contribution is -2.42. The first-order valence-corrected chi connectivity index (χ1v) is 10.6. The molecular formula is C20H19ClN2O3S2. The van der Waals surface area contributed by atoms with E-state index in [1.54, 1.807) is 11.0 Å². The van der Waals surface area contributed by atoms with Crippen molar-refractivity contribution in [3.63, 3.8) is 0 Å². The summed E-state index contributed by atoms with van der Waals surface area (Å²) in [7, 11) is 0. The van der Waals surface area contributed by atoms with Crippen molar-refractivity contribution in [2.24, 2.45) is 0 Å². The zero-order valence-corrected chi connectivity index (χ0v) is 17.5. The molecule has 5 nitrogen and oxygen atoms in total. The standard InChI is InChI=1S/C20H19ClN2O3S2/c21-16-4-2-1-3-15(16)17-6-5-14(26-17)13-18-19(24)23(20(27)28-18)8-7-22-9-11-25-12-10-22/h1-6,13H,7-12H2/b18-13-. The summed E-state index contributed by atoms with van der Waals surface area (Å²) in [5, 5.41) is 0.623. The van der Waals surface area contributed by atoms with Gasteiger partial charge >= 0.3 is 0 Å². The molecular weight excluding hydrogens is 416 g/mol. The number of hydrogen-bond donors (Lipinski definition) is 0. The molecule has 0 aliphatic carbocycles. The number of halogens is 1. The number of benzene rings is 1. The van der Waals surface area contributed by atoms with E-state index in [0.29, 0.717) is 32.3 Å². The van der Waals surface area contributed by atoms with Gasteiger partial charge in [-0.25, -0.2) is 0 Å². The quantitative estimate of drug-likeness (QED) is 0.520. The number of carbonyl (C=O) groups excluding carboxylic acids is 1. The van der Waals surface area contributed by atoms with Gasteiger partial charge in [0.05, 0.1) is 23.1 Å². The van der Waals surface area contributed by atoms with E-state index in [-0.39, 0.29) is 5.91 Å². The smallest absolute Gasteiger partial charge is 0.266 e.